The third-order valence-corrected chi connectivity index (χ3v) is 5.48. The van der Waals surface area contributed by atoms with Crippen molar-refractivity contribution in [2.75, 3.05) is 0 Å². The van der Waals surface area contributed by atoms with Gasteiger partial charge in [-0.25, -0.2) is 4.98 Å². The first-order valence-electron chi connectivity index (χ1n) is 9.67. The average Bonchev–Trinajstić information content (AvgIpc) is 3.38. The van der Waals surface area contributed by atoms with Crippen LogP contribution in [0.25, 0.3) is 17.0 Å². The summed E-state index contributed by atoms with van der Waals surface area (Å²) in [7, 11) is 0. The topological polar surface area (TPSA) is 104 Å². The summed E-state index contributed by atoms with van der Waals surface area (Å²) in [5.74, 6) is -1.08. The van der Waals surface area contributed by atoms with Gasteiger partial charge in [-0.3, -0.25) is 24.4 Å². The predicted molar refractivity (Wildman–Crippen MR) is 110 cm³/mol. The molecular formula is C22H19N5O3. The summed E-state index contributed by atoms with van der Waals surface area (Å²) in [6.45, 7) is 1.93. The van der Waals surface area contributed by atoms with Crippen LogP contribution in [0.3, 0.4) is 0 Å². The van der Waals surface area contributed by atoms with Gasteiger partial charge in [-0.2, -0.15) is 4.68 Å². The van der Waals surface area contributed by atoms with Crippen molar-refractivity contribution in [3.05, 3.63) is 81.8 Å². The van der Waals surface area contributed by atoms with Crippen LogP contribution in [0, 0.1) is 6.92 Å². The first-order chi connectivity index (χ1) is 14.5. The molecular weight excluding hydrogens is 382 g/mol. The van der Waals surface area contributed by atoms with Crippen LogP contribution in [-0.4, -0.2) is 36.5 Å². The molecule has 8 heteroatoms. The number of benzene rings is 2. The SMILES string of the molecule is Cc1[nH]n(-c2nc3ccccc3[nH]2)c(=O)c1[C@H]1CC(=O)N(Cc2ccccc2)C1=O. The van der Waals surface area contributed by atoms with Crippen LogP contribution in [0.2, 0.25) is 0 Å². The normalized spacial score (nSPS) is 16.7. The predicted octanol–water partition coefficient (Wildman–Crippen LogP) is 2.39. The lowest BCUT2D eigenvalue weighted by Gasteiger charge is -2.14. The Bertz CT molecular complexity index is 1300. The number of imidazole rings is 1. The number of hydrogen-bond donors (Lipinski definition) is 2. The smallest absolute Gasteiger partial charge is 0.278 e. The number of nitrogens with zero attached hydrogens (tertiary/aromatic N) is 3. The van der Waals surface area contributed by atoms with Crippen molar-refractivity contribution in [3.8, 4) is 5.95 Å². The van der Waals surface area contributed by atoms with Crippen LogP contribution in [-0.2, 0) is 16.1 Å². The van der Waals surface area contributed by atoms with E-state index in [1.807, 2.05) is 54.6 Å². The molecule has 3 heterocycles. The van der Waals surface area contributed by atoms with Gasteiger partial charge in [-0.1, -0.05) is 42.5 Å². The van der Waals surface area contributed by atoms with E-state index < -0.39 is 5.92 Å². The molecule has 2 amide bonds. The highest BCUT2D eigenvalue weighted by atomic mass is 16.2. The number of H-pyrrole nitrogens is 2. The van der Waals surface area contributed by atoms with Crippen LogP contribution in [0.5, 0.6) is 0 Å². The van der Waals surface area contributed by atoms with E-state index in [9.17, 15) is 14.4 Å². The third-order valence-electron chi connectivity index (χ3n) is 5.48. The Hall–Kier alpha value is -3.94. The molecule has 2 N–H and O–H groups in total. The Morgan fingerprint density at radius 1 is 1.03 bits per heavy atom. The number of aromatic amines is 2. The molecule has 150 valence electrons. The summed E-state index contributed by atoms with van der Waals surface area (Å²) in [5, 5.41) is 3.00. The lowest BCUT2D eigenvalue weighted by Crippen LogP contribution is -2.31. The second kappa shape index (κ2) is 6.84. The van der Waals surface area contributed by atoms with Crippen molar-refractivity contribution in [3.63, 3.8) is 0 Å². The zero-order valence-corrected chi connectivity index (χ0v) is 16.3. The van der Waals surface area contributed by atoms with Gasteiger partial charge < -0.3 is 4.98 Å². The van der Waals surface area contributed by atoms with Gasteiger partial charge in [-0.05, 0) is 24.6 Å². The van der Waals surface area contributed by atoms with Crippen molar-refractivity contribution in [2.24, 2.45) is 0 Å². The largest absolute Gasteiger partial charge is 0.322 e. The minimum atomic E-state index is -0.796. The Labute approximate surface area is 171 Å². The second-order valence-electron chi connectivity index (χ2n) is 7.43. The molecule has 0 aliphatic carbocycles. The Balaban J connectivity index is 1.50. The number of amides is 2. The van der Waals surface area contributed by atoms with Gasteiger partial charge in [-0.15, -0.1) is 0 Å². The highest BCUT2D eigenvalue weighted by molar-refractivity contribution is 6.06. The molecule has 30 heavy (non-hydrogen) atoms. The van der Waals surface area contributed by atoms with Gasteiger partial charge in [0.05, 0.1) is 29.1 Å². The molecule has 1 atom stereocenters. The highest BCUT2D eigenvalue weighted by Gasteiger charge is 2.42. The number of carbonyl (C=O) groups excluding carboxylic acids is 2. The van der Waals surface area contributed by atoms with Gasteiger partial charge in [0.1, 0.15) is 0 Å². The molecule has 0 radical (unpaired) electrons. The fourth-order valence-corrected chi connectivity index (χ4v) is 4.01. The van der Waals surface area contributed by atoms with E-state index in [1.165, 1.54) is 9.58 Å². The molecule has 5 rings (SSSR count). The third kappa shape index (κ3) is 2.85. The van der Waals surface area contributed by atoms with E-state index in [4.69, 9.17) is 0 Å². The number of imide groups is 1. The maximum atomic E-state index is 13.2. The van der Waals surface area contributed by atoms with Crippen molar-refractivity contribution in [2.45, 2.75) is 25.8 Å². The molecule has 4 aromatic rings. The second-order valence-corrected chi connectivity index (χ2v) is 7.43. The maximum absolute atomic E-state index is 13.2. The van der Waals surface area contributed by atoms with Crippen LogP contribution < -0.4 is 5.56 Å². The van der Waals surface area contributed by atoms with Crippen molar-refractivity contribution in [1.82, 2.24) is 24.6 Å². The quantitative estimate of drug-likeness (QED) is 0.513. The lowest BCUT2D eigenvalue weighted by molar-refractivity contribution is -0.139. The van der Waals surface area contributed by atoms with Gasteiger partial charge in [0.15, 0.2) is 0 Å². The number of para-hydroxylation sites is 2. The molecule has 0 spiro atoms. The number of nitrogens with one attached hydrogen (secondary N) is 2. The molecule has 0 saturated carbocycles. The van der Waals surface area contributed by atoms with E-state index in [-0.39, 0.29) is 30.3 Å². The molecule has 1 aliphatic heterocycles. The van der Waals surface area contributed by atoms with Crippen molar-refractivity contribution < 1.29 is 9.59 Å². The number of carbonyl (C=O) groups is 2. The minimum absolute atomic E-state index is 0.0142. The van der Waals surface area contributed by atoms with Gasteiger partial charge >= 0.3 is 0 Å². The van der Waals surface area contributed by atoms with Gasteiger partial charge in [0, 0.05) is 12.1 Å². The molecule has 2 aromatic carbocycles. The Kier molecular flexibility index (Phi) is 4.13. The standard InChI is InChI=1S/C22H19N5O3/c1-13-19(15-11-18(28)26(20(15)29)12-14-7-3-2-4-8-14)21(30)27(25-13)22-23-16-9-5-6-10-17(16)24-22/h2-10,15,25H,11-12H2,1H3,(H,23,24)/t15-/m1/s1. The van der Waals surface area contributed by atoms with E-state index >= 15 is 0 Å². The minimum Gasteiger partial charge on any atom is -0.322 e. The summed E-state index contributed by atoms with van der Waals surface area (Å²) in [4.78, 5) is 47.5. The summed E-state index contributed by atoms with van der Waals surface area (Å²) in [6.07, 6.45) is -0.0142. The summed E-state index contributed by atoms with van der Waals surface area (Å²) in [6, 6.07) is 16.8. The molecule has 1 fully saturated rings. The number of likely N-dealkylation sites (tertiary alicyclic amines) is 1. The first-order valence-corrected chi connectivity index (χ1v) is 9.67. The van der Waals surface area contributed by atoms with Crippen LogP contribution in [0.15, 0.2) is 59.4 Å². The van der Waals surface area contributed by atoms with Crippen LogP contribution in [0.4, 0.5) is 0 Å². The number of rotatable bonds is 4. The molecule has 1 aliphatic rings. The number of fused-ring (bicyclic) bond motifs is 1. The van der Waals surface area contributed by atoms with E-state index in [2.05, 4.69) is 15.1 Å². The molecule has 1 saturated heterocycles. The molecule has 8 nitrogen and oxygen atoms in total. The zero-order valence-electron chi connectivity index (χ0n) is 16.3. The van der Waals surface area contributed by atoms with Crippen LogP contribution >= 0.6 is 0 Å². The Morgan fingerprint density at radius 2 is 1.77 bits per heavy atom. The zero-order chi connectivity index (χ0) is 20.8. The van der Waals surface area contributed by atoms with Gasteiger partial charge in [0.25, 0.3) is 5.56 Å². The maximum Gasteiger partial charge on any atom is 0.278 e. The van der Waals surface area contributed by atoms with E-state index in [1.54, 1.807) is 6.92 Å². The summed E-state index contributed by atoms with van der Waals surface area (Å²) < 4.78 is 1.29. The monoisotopic (exact) mass is 401 g/mol. The number of hydrogen-bond acceptors (Lipinski definition) is 4. The van der Waals surface area contributed by atoms with Crippen molar-refractivity contribution in [1.29, 1.82) is 0 Å². The molecule has 0 bridgehead atoms. The average molecular weight is 401 g/mol. The number of aryl methyl sites for hydroxylation is 1. The summed E-state index contributed by atoms with van der Waals surface area (Å²) in [5.41, 5.74) is 2.88. The highest BCUT2D eigenvalue weighted by Crippen LogP contribution is 2.30. The fourth-order valence-electron chi connectivity index (χ4n) is 4.01. The Morgan fingerprint density at radius 3 is 2.53 bits per heavy atom. The molecule has 0 unspecified atom stereocenters. The van der Waals surface area contributed by atoms with E-state index in [0.717, 1.165) is 16.6 Å². The van der Waals surface area contributed by atoms with E-state index in [0.29, 0.717) is 17.2 Å². The fraction of sp³-hybridized carbons (Fsp3) is 0.182. The number of aromatic nitrogens is 4. The first kappa shape index (κ1) is 18.1. The summed E-state index contributed by atoms with van der Waals surface area (Å²) >= 11 is 0. The van der Waals surface area contributed by atoms with Crippen molar-refractivity contribution >= 4 is 22.8 Å². The molecule has 2 aromatic heterocycles. The van der Waals surface area contributed by atoms with Gasteiger partial charge in [0.2, 0.25) is 17.8 Å². The van der Waals surface area contributed by atoms with Crippen LogP contribution in [0.1, 0.15) is 29.2 Å². The lowest BCUT2D eigenvalue weighted by atomic mass is 9.98.